The number of anilines is 2. The lowest BCUT2D eigenvalue weighted by Crippen LogP contribution is -2.06. The predicted molar refractivity (Wildman–Crippen MR) is 59.7 cm³/mol. The zero-order valence-corrected chi connectivity index (χ0v) is 9.27. The molecule has 0 unspecified atom stereocenters. The van der Waals surface area contributed by atoms with Crippen LogP contribution in [0.2, 0.25) is 0 Å². The molecule has 2 rings (SSSR count). The van der Waals surface area contributed by atoms with Gasteiger partial charge in [-0.3, -0.25) is 0 Å². The van der Waals surface area contributed by atoms with Crippen molar-refractivity contribution in [1.82, 2.24) is 0 Å². The van der Waals surface area contributed by atoms with Gasteiger partial charge in [0.15, 0.2) is 0 Å². The molecule has 1 aliphatic rings. The molecule has 76 valence electrons. The Kier molecular flexibility index (Phi) is 2.63. The first-order chi connectivity index (χ1) is 6.66. The third-order valence-electron chi connectivity index (χ3n) is 2.37. The van der Waals surface area contributed by atoms with E-state index in [4.69, 9.17) is 5.73 Å². The van der Waals surface area contributed by atoms with Gasteiger partial charge < -0.3 is 11.1 Å². The van der Waals surface area contributed by atoms with Crippen LogP contribution in [0.1, 0.15) is 12.8 Å². The van der Waals surface area contributed by atoms with Gasteiger partial charge in [0.25, 0.3) is 0 Å². The fraction of sp³-hybridized carbons (Fsp3) is 0.400. The van der Waals surface area contributed by atoms with Crippen molar-refractivity contribution in [1.29, 1.82) is 0 Å². The summed E-state index contributed by atoms with van der Waals surface area (Å²) in [6.07, 6.45) is 2.54. The lowest BCUT2D eigenvalue weighted by molar-refractivity contribution is 0.621. The van der Waals surface area contributed by atoms with Crippen molar-refractivity contribution in [3.05, 3.63) is 22.4 Å². The van der Waals surface area contributed by atoms with Gasteiger partial charge in [-0.05, 0) is 40.8 Å². The number of hydrogen-bond acceptors (Lipinski definition) is 2. The molecule has 0 bridgehead atoms. The molecule has 0 amide bonds. The molecule has 4 heteroatoms. The largest absolute Gasteiger partial charge is 0.397 e. The fourth-order valence-electron chi connectivity index (χ4n) is 1.29. The molecule has 0 saturated heterocycles. The predicted octanol–water partition coefficient (Wildman–Crippen LogP) is 2.99. The first-order valence-corrected chi connectivity index (χ1v) is 5.44. The van der Waals surface area contributed by atoms with Gasteiger partial charge in [-0.25, -0.2) is 4.39 Å². The number of nitrogen functional groups attached to an aromatic ring is 1. The lowest BCUT2D eigenvalue weighted by Gasteiger charge is -2.09. The van der Waals surface area contributed by atoms with E-state index >= 15 is 0 Å². The molecule has 1 aromatic carbocycles. The highest BCUT2D eigenvalue weighted by molar-refractivity contribution is 9.10. The summed E-state index contributed by atoms with van der Waals surface area (Å²) in [5, 5.41) is 3.16. The molecule has 0 spiro atoms. The van der Waals surface area contributed by atoms with Crippen LogP contribution < -0.4 is 11.1 Å². The second kappa shape index (κ2) is 3.77. The van der Waals surface area contributed by atoms with Crippen LogP contribution in [0.15, 0.2) is 16.6 Å². The van der Waals surface area contributed by atoms with Crippen molar-refractivity contribution >= 4 is 27.3 Å². The van der Waals surface area contributed by atoms with Crippen molar-refractivity contribution in [2.24, 2.45) is 5.92 Å². The molecule has 1 aliphatic carbocycles. The Morgan fingerprint density at radius 3 is 2.86 bits per heavy atom. The summed E-state index contributed by atoms with van der Waals surface area (Å²) < 4.78 is 13.6. The Morgan fingerprint density at radius 1 is 1.50 bits per heavy atom. The van der Waals surface area contributed by atoms with Gasteiger partial charge >= 0.3 is 0 Å². The van der Waals surface area contributed by atoms with Gasteiger partial charge in [0.2, 0.25) is 0 Å². The van der Waals surface area contributed by atoms with Crippen molar-refractivity contribution in [3.8, 4) is 0 Å². The maximum Gasteiger partial charge on any atom is 0.139 e. The zero-order valence-electron chi connectivity index (χ0n) is 7.69. The molecule has 0 aromatic heterocycles. The van der Waals surface area contributed by atoms with E-state index in [-0.39, 0.29) is 5.82 Å². The quantitative estimate of drug-likeness (QED) is 0.819. The van der Waals surface area contributed by atoms with E-state index in [1.807, 2.05) is 0 Å². The molecule has 1 fully saturated rings. The molecular weight excluding hydrogens is 247 g/mol. The first kappa shape index (κ1) is 9.77. The van der Waals surface area contributed by atoms with Gasteiger partial charge in [0.1, 0.15) is 5.82 Å². The maximum absolute atomic E-state index is 13.2. The average molecular weight is 259 g/mol. The Hall–Kier alpha value is -0.770. The van der Waals surface area contributed by atoms with Crippen LogP contribution in [0.3, 0.4) is 0 Å². The van der Waals surface area contributed by atoms with Crippen molar-refractivity contribution in [3.63, 3.8) is 0 Å². The minimum atomic E-state index is -0.280. The molecule has 0 aliphatic heterocycles. The first-order valence-electron chi connectivity index (χ1n) is 4.65. The zero-order chi connectivity index (χ0) is 10.1. The summed E-state index contributed by atoms with van der Waals surface area (Å²) in [6.45, 7) is 0.894. The van der Waals surface area contributed by atoms with E-state index < -0.39 is 0 Å². The van der Waals surface area contributed by atoms with E-state index in [0.29, 0.717) is 15.8 Å². The van der Waals surface area contributed by atoms with Gasteiger partial charge in [0, 0.05) is 12.6 Å². The molecule has 14 heavy (non-hydrogen) atoms. The molecule has 0 atom stereocenters. The molecule has 2 nitrogen and oxygen atoms in total. The summed E-state index contributed by atoms with van der Waals surface area (Å²) in [5.41, 5.74) is 7.01. The Morgan fingerprint density at radius 2 is 2.21 bits per heavy atom. The van der Waals surface area contributed by atoms with Gasteiger partial charge in [-0.2, -0.15) is 0 Å². The lowest BCUT2D eigenvalue weighted by atomic mass is 10.2. The molecular formula is C10H12BrFN2. The van der Waals surface area contributed by atoms with E-state index in [0.717, 1.165) is 12.5 Å². The van der Waals surface area contributed by atoms with Crippen LogP contribution >= 0.6 is 15.9 Å². The van der Waals surface area contributed by atoms with Gasteiger partial charge in [-0.1, -0.05) is 0 Å². The number of nitrogens with one attached hydrogen (secondary N) is 1. The third-order valence-corrected chi connectivity index (χ3v) is 2.98. The Balaban J connectivity index is 2.10. The molecule has 0 heterocycles. The topological polar surface area (TPSA) is 38.0 Å². The van der Waals surface area contributed by atoms with Crippen molar-refractivity contribution in [2.45, 2.75) is 12.8 Å². The van der Waals surface area contributed by atoms with Crippen LogP contribution in [0, 0.1) is 11.7 Å². The standard InChI is InChI=1S/C10H12BrFN2/c11-7-3-9(13)10(4-8(7)12)14-5-6-1-2-6/h3-4,6,14H,1-2,5,13H2. The van der Waals surface area contributed by atoms with E-state index in [2.05, 4.69) is 21.2 Å². The SMILES string of the molecule is Nc1cc(Br)c(F)cc1NCC1CC1. The summed E-state index contributed by atoms with van der Waals surface area (Å²) in [4.78, 5) is 0. The average Bonchev–Trinajstić information content (AvgIpc) is 2.92. The van der Waals surface area contributed by atoms with E-state index in [9.17, 15) is 4.39 Å². The summed E-state index contributed by atoms with van der Waals surface area (Å²) in [7, 11) is 0. The van der Waals surface area contributed by atoms with Crippen LogP contribution in [0.5, 0.6) is 0 Å². The van der Waals surface area contributed by atoms with E-state index in [1.54, 1.807) is 6.07 Å². The number of halogens is 2. The Labute approximate surface area is 90.8 Å². The van der Waals surface area contributed by atoms with Crippen molar-refractivity contribution in [2.75, 3.05) is 17.6 Å². The highest BCUT2D eigenvalue weighted by Crippen LogP contribution is 2.31. The molecule has 1 saturated carbocycles. The minimum Gasteiger partial charge on any atom is -0.397 e. The highest BCUT2D eigenvalue weighted by atomic mass is 79.9. The number of benzene rings is 1. The van der Waals surface area contributed by atoms with Crippen LogP contribution in [-0.4, -0.2) is 6.54 Å². The van der Waals surface area contributed by atoms with Crippen molar-refractivity contribution < 1.29 is 4.39 Å². The van der Waals surface area contributed by atoms with Gasteiger partial charge in [0.05, 0.1) is 15.8 Å². The highest BCUT2D eigenvalue weighted by Gasteiger charge is 2.21. The summed E-state index contributed by atoms with van der Waals surface area (Å²) in [6, 6.07) is 3.02. The minimum absolute atomic E-state index is 0.280. The van der Waals surface area contributed by atoms with Crippen LogP contribution in [0.4, 0.5) is 15.8 Å². The monoisotopic (exact) mass is 258 g/mol. The Bertz CT molecular complexity index is 350. The third kappa shape index (κ3) is 2.18. The molecule has 1 aromatic rings. The summed E-state index contributed by atoms with van der Waals surface area (Å²) >= 11 is 3.09. The van der Waals surface area contributed by atoms with Gasteiger partial charge in [-0.15, -0.1) is 0 Å². The molecule has 0 radical (unpaired) electrons. The summed E-state index contributed by atoms with van der Waals surface area (Å²) in [5.74, 6) is 0.471. The normalized spacial score (nSPS) is 15.6. The fourth-order valence-corrected chi connectivity index (χ4v) is 1.65. The maximum atomic E-state index is 13.2. The molecule has 3 N–H and O–H groups in total. The second-order valence-corrected chi connectivity index (χ2v) is 4.53. The van der Waals surface area contributed by atoms with Crippen LogP contribution in [0.25, 0.3) is 0 Å². The number of nitrogens with two attached hydrogens (primary N) is 1. The second-order valence-electron chi connectivity index (χ2n) is 3.68. The number of rotatable bonds is 3. The van der Waals surface area contributed by atoms with E-state index in [1.165, 1.54) is 18.9 Å². The number of hydrogen-bond donors (Lipinski definition) is 2. The van der Waals surface area contributed by atoms with Crippen LogP contribution in [-0.2, 0) is 0 Å². The smallest absolute Gasteiger partial charge is 0.139 e.